The smallest absolute Gasteiger partial charge is 0.271 e. The molecule has 32 heavy (non-hydrogen) atoms. The van der Waals surface area contributed by atoms with E-state index in [9.17, 15) is 13.6 Å². The number of ether oxygens (including phenoxy) is 2. The predicted molar refractivity (Wildman–Crippen MR) is 117 cm³/mol. The zero-order valence-corrected chi connectivity index (χ0v) is 17.9. The summed E-state index contributed by atoms with van der Waals surface area (Å²) >= 11 is 0. The van der Waals surface area contributed by atoms with Gasteiger partial charge in [0.25, 0.3) is 5.56 Å². The summed E-state index contributed by atoms with van der Waals surface area (Å²) in [5.41, 5.74) is 0.170. The van der Waals surface area contributed by atoms with Crippen LogP contribution < -0.4 is 20.5 Å². The van der Waals surface area contributed by atoms with Gasteiger partial charge in [-0.2, -0.15) is 4.98 Å². The van der Waals surface area contributed by atoms with Gasteiger partial charge in [0.05, 0.1) is 25.5 Å². The molecule has 0 spiro atoms. The molecule has 0 saturated carbocycles. The third kappa shape index (κ3) is 4.54. The van der Waals surface area contributed by atoms with Gasteiger partial charge >= 0.3 is 0 Å². The molecule has 1 saturated heterocycles. The van der Waals surface area contributed by atoms with Crippen molar-refractivity contribution in [1.29, 1.82) is 0 Å². The fourth-order valence-corrected chi connectivity index (χ4v) is 3.66. The number of aromatic nitrogens is 3. The van der Waals surface area contributed by atoms with E-state index in [4.69, 9.17) is 9.47 Å². The van der Waals surface area contributed by atoms with Gasteiger partial charge in [-0.1, -0.05) is 0 Å². The maximum atomic E-state index is 14.5. The molecule has 1 fully saturated rings. The van der Waals surface area contributed by atoms with E-state index < -0.39 is 17.2 Å². The quantitative estimate of drug-likeness (QED) is 0.624. The van der Waals surface area contributed by atoms with E-state index in [1.807, 2.05) is 18.7 Å². The number of nitrogens with zero attached hydrogens (tertiary/aromatic N) is 3. The van der Waals surface area contributed by atoms with Crippen LogP contribution in [0, 0.1) is 11.6 Å². The van der Waals surface area contributed by atoms with E-state index in [-0.39, 0.29) is 29.3 Å². The molecule has 1 aliphatic heterocycles. The van der Waals surface area contributed by atoms with Crippen molar-refractivity contribution >= 4 is 17.5 Å². The average Bonchev–Trinajstić information content (AvgIpc) is 2.76. The molecule has 168 valence electrons. The van der Waals surface area contributed by atoms with Crippen molar-refractivity contribution in [2.75, 3.05) is 30.4 Å². The molecule has 2 atom stereocenters. The minimum absolute atomic E-state index is 0.0185. The van der Waals surface area contributed by atoms with E-state index in [1.54, 1.807) is 6.07 Å². The Morgan fingerprint density at radius 1 is 1.19 bits per heavy atom. The number of H-pyrrole nitrogens is 1. The number of hydrogen-bond donors (Lipinski definition) is 2. The number of aromatic amines is 1. The van der Waals surface area contributed by atoms with Crippen molar-refractivity contribution in [2.45, 2.75) is 26.1 Å². The zero-order chi connectivity index (χ0) is 22.8. The highest BCUT2D eigenvalue weighted by Gasteiger charge is 2.25. The van der Waals surface area contributed by atoms with Crippen LogP contribution in [0.5, 0.6) is 5.75 Å². The Morgan fingerprint density at radius 3 is 2.62 bits per heavy atom. The van der Waals surface area contributed by atoms with Crippen LogP contribution in [0.1, 0.15) is 13.8 Å². The first-order chi connectivity index (χ1) is 15.3. The molecule has 0 unspecified atom stereocenters. The van der Waals surface area contributed by atoms with Crippen LogP contribution in [0.2, 0.25) is 0 Å². The van der Waals surface area contributed by atoms with Crippen LogP contribution in [0.25, 0.3) is 11.1 Å². The Bertz CT molecular complexity index is 1180. The first-order valence-corrected chi connectivity index (χ1v) is 10.1. The maximum absolute atomic E-state index is 14.5. The summed E-state index contributed by atoms with van der Waals surface area (Å²) < 4.78 is 39.7. The minimum atomic E-state index is -0.719. The molecule has 0 aliphatic carbocycles. The number of benzene rings is 1. The lowest BCUT2D eigenvalue weighted by Crippen LogP contribution is -2.46. The molecule has 0 amide bonds. The number of halogens is 2. The SMILES string of the molecule is COc1ccc(-c2c[nH]c(=O)c(Nc3nc(N4C[C@@H](C)O[C@@H](C)C4)ncc3F)c2)c(F)c1. The second kappa shape index (κ2) is 8.91. The predicted octanol–water partition coefficient (Wildman–Crippen LogP) is 3.48. The number of morpholine rings is 1. The van der Waals surface area contributed by atoms with Gasteiger partial charge in [-0.25, -0.2) is 13.8 Å². The fraction of sp³-hybridized carbons (Fsp3) is 0.318. The number of nitrogens with one attached hydrogen (secondary N) is 2. The lowest BCUT2D eigenvalue weighted by atomic mass is 10.1. The van der Waals surface area contributed by atoms with Gasteiger partial charge in [-0.05, 0) is 32.0 Å². The van der Waals surface area contributed by atoms with Crippen molar-refractivity contribution in [1.82, 2.24) is 15.0 Å². The fourth-order valence-electron chi connectivity index (χ4n) is 3.66. The van der Waals surface area contributed by atoms with Crippen LogP contribution in [-0.2, 0) is 4.74 Å². The van der Waals surface area contributed by atoms with E-state index >= 15 is 0 Å². The van der Waals surface area contributed by atoms with Crippen molar-refractivity contribution in [3.63, 3.8) is 0 Å². The van der Waals surface area contributed by atoms with Crippen molar-refractivity contribution in [3.8, 4) is 16.9 Å². The van der Waals surface area contributed by atoms with Crippen LogP contribution in [-0.4, -0.2) is 47.4 Å². The lowest BCUT2D eigenvalue weighted by molar-refractivity contribution is -0.00572. The Labute approximate surface area is 183 Å². The highest BCUT2D eigenvalue weighted by molar-refractivity contribution is 5.70. The topological polar surface area (TPSA) is 92.4 Å². The van der Waals surface area contributed by atoms with E-state index in [0.29, 0.717) is 30.4 Å². The first-order valence-electron chi connectivity index (χ1n) is 10.1. The molecule has 1 aromatic carbocycles. The Kier molecular flexibility index (Phi) is 6.04. The standard InChI is InChI=1S/C22H23F2N5O3/c1-12-10-29(11-13(2)32-12)22-26-9-18(24)20(28-22)27-19-6-14(8-25-21(19)30)16-5-4-15(31-3)7-17(16)23/h4-9,12-13H,10-11H2,1-3H3,(H,25,30)(H,26,27,28)/t12-,13+. The monoisotopic (exact) mass is 443 g/mol. The average molecular weight is 443 g/mol. The maximum Gasteiger partial charge on any atom is 0.271 e. The first kappa shape index (κ1) is 21.7. The molecule has 2 aromatic heterocycles. The molecule has 4 rings (SSSR count). The molecule has 1 aliphatic rings. The van der Waals surface area contributed by atoms with Gasteiger partial charge in [0.1, 0.15) is 17.3 Å². The van der Waals surface area contributed by atoms with Crippen LogP contribution in [0.4, 0.5) is 26.2 Å². The molecule has 8 nitrogen and oxygen atoms in total. The third-order valence-corrected chi connectivity index (χ3v) is 5.08. The summed E-state index contributed by atoms with van der Waals surface area (Å²) in [6.07, 6.45) is 2.39. The van der Waals surface area contributed by atoms with Crippen LogP contribution in [0.3, 0.4) is 0 Å². The summed E-state index contributed by atoms with van der Waals surface area (Å²) in [7, 11) is 1.44. The summed E-state index contributed by atoms with van der Waals surface area (Å²) in [5, 5.41) is 2.72. The van der Waals surface area contributed by atoms with Gasteiger partial charge < -0.3 is 24.7 Å². The Morgan fingerprint density at radius 2 is 1.94 bits per heavy atom. The molecule has 0 bridgehead atoms. The van der Waals surface area contributed by atoms with Crippen LogP contribution >= 0.6 is 0 Å². The summed E-state index contributed by atoms with van der Waals surface area (Å²) in [5.74, 6) is -0.697. The highest BCUT2D eigenvalue weighted by atomic mass is 19.1. The number of anilines is 3. The van der Waals surface area contributed by atoms with E-state index in [2.05, 4.69) is 20.3 Å². The van der Waals surface area contributed by atoms with Gasteiger partial charge in [0.15, 0.2) is 11.6 Å². The Balaban J connectivity index is 1.64. The molecule has 3 aromatic rings. The molecule has 10 heteroatoms. The van der Waals surface area contributed by atoms with Gasteiger partial charge in [0, 0.05) is 36.5 Å². The lowest BCUT2D eigenvalue weighted by Gasteiger charge is -2.35. The van der Waals surface area contributed by atoms with Crippen molar-refractivity contribution in [2.24, 2.45) is 0 Å². The molecular formula is C22H23F2N5O3. The summed E-state index contributed by atoms with van der Waals surface area (Å²) in [6.45, 7) is 4.99. The Hall–Kier alpha value is -3.53. The van der Waals surface area contributed by atoms with Crippen molar-refractivity contribution < 1.29 is 18.3 Å². The number of methoxy groups -OCH3 is 1. The molecule has 3 heterocycles. The number of rotatable bonds is 5. The number of pyridine rings is 1. The highest BCUT2D eigenvalue weighted by Crippen LogP contribution is 2.28. The molecule has 0 radical (unpaired) electrons. The summed E-state index contributed by atoms with van der Waals surface area (Å²) in [6, 6.07) is 5.82. The second-order valence-corrected chi connectivity index (χ2v) is 7.63. The number of hydrogen-bond acceptors (Lipinski definition) is 7. The summed E-state index contributed by atoms with van der Waals surface area (Å²) in [4.78, 5) is 25.2. The molecular weight excluding hydrogens is 420 g/mol. The second-order valence-electron chi connectivity index (χ2n) is 7.63. The third-order valence-electron chi connectivity index (χ3n) is 5.08. The van der Waals surface area contributed by atoms with Gasteiger partial charge in [0.2, 0.25) is 5.95 Å². The zero-order valence-electron chi connectivity index (χ0n) is 17.9. The van der Waals surface area contributed by atoms with Gasteiger partial charge in [-0.3, -0.25) is 4.79 Å². The van der Waals surface area contributed by atoms with Crippen LogP contribution in [0.15, 0.2) is 41.5 Å². The minimum Gasteiger partial charge on any atom is -0.497 e. The largest absolute Gasteiger partial charge is 0.497 e. The van der Waals surface area contributed by atoms with Crippen molar-refractivity contribution in [3.05, 3.63) is 58.6 Å². The molecule has 2 N–H and O–H groups in total. The normalized spacial score (nSPS) is 18.5. The van der Waals surface area contributed by atoms with Gasteiger partial charge in [-0.15, -0.1) is 0 Å². The van der Waals surface area contributed by atoms with E-state index in [0.717, 1.165) is 6.20 Å². The van der Waals surface area contributed by atoms with E-state index in [1.165, 1.54) is 31.5 Å².